The molecule has 118 valence electrons. The van der Waals surface area contributed by atoms with Gasteiger partial charge in [0.1, 0.15) is 0 Å². The van der Waals surface area contributed by atoms with Gasteiger partial charge in [-0.05, 0) is 36.4 Å². The van der Waals surface area contributed by atoms with E-state index in [1.54, 1.807) is 23.8 Å². The molecular weight excluding hydrogens is 314 g/mol. The van der Waals surface area contributed by atoms with Crippen LogP contribution in [0, 0.1) is 0 Å². The maximum atomic E-state index is 12.8. The largest absolute Gasteiger partial charge is 0.383 e. The fourth-order valence-electron chi connectivity index (χ4n) is 2.36. The van der Waals surface area contributed by atoms with Crippen LogP contribution in [0.3, 0.4) is 0 Å². The van der Waals surface area contributed by atoms with Crippen LogP contribution >= 0.6 is 11.6 Å². The van der Waals surface area contributed by atoms with Crippen LogP contribution in [-0.2, 0) is 4.74 Å². The molecule has 0 bridgehead atoms. The van der Waals surface area contributed by atoms with Crippen molar-refractivity contribution in [1.82, 2.24) is 9.55 Å². The lowest BCUT2D eigenvalue weighted by molar-refractivity contribution is 0.210. The smallest absolute Gasteiger partial charge is 0.298 e. The minimum absolute atomic E-state index is 0.206. The fourth-order valence-corrected chi connectivity index (χ4v) is 2.49. The average Bonchev–Trinajstić information content (AvgIpc) is 2.57. The summed E-state index contributed by atoms with van der Waals surface area (Å²) in [6.07, 6.45) is 0. The lowest BCUT2D eigenvalue weighted by Gasteiger charge is -2.13. The van der Waals surface area contributed by atoms with Crippen molar-refractivity contribution in [3.8, 4) is 5.69 Å². The summed E-state index contributed by atoms with van der Waals surface area (Å²) in [6.45, 7) is 1.01. The predicted octanol–water partition coefficient (Wildman–Crippen LogP) is 3.10. The zero-order chi connectivity index (χ0) is 16.2. The first kappa shape index (κ1) is 15.5. The van der Waals surface area contributed by atoms with Gasteiger partial charge in [-0.15, -0.1) is 0 Å². The van der Waals surface area contributed by atoms with E-state index in [9.17, 15) is 4.79 Å². The summed E-state index contributed by atoms with van der Waals surface area (Å²) in [5.74, 6) is 0.302. The van der Waals surface area contributed by atoms with E-state index in [1.165, 1.54) is 0 Å². The highest BCUT2D eigenvalue weighted by atomic mass is 35.5. The Balaban J connectivity index is 2.19. The van der Waals surface area contributed by atoms with Gasteiger partial charge in [-0.25, -0.2) is 4.98 Å². The van der Waals surface area contributed by atoms with Crippen molar-refractivity contribution in [3.63, 3.8) is 0 Å². The maximum Gasteiger partial charge on any atom is 0.298 e. The van der Waals surface area contributed by atoms with Crippen LogP contribution in [0.4, 0.5) is 5.82 Å². The Hall–Kier alpha value is -2.37. The first-order valence-electron chi connectivity index (χ1n) is 7.21. The van der Waals surface area contributed by atoms with Crippen molar-refractivity contribution < 1.29 is 4.74 Å². The molecule has 0 saturated carbocycles. The van der Waals surface area contributed by atoms with Crippen molar-refractivity contribution in [2.75, 3.05) is 25.6 Å². The Morgan fingerprint density at radius 3 is 2.65 bits per heavy atom. The first-order chi connectivity index (χ1) is 11.2. The minimum atomic E-state index is -0.206. The number of hydrogen-bond acceptors (Lipinski definition) is 4. The van der Waals surface area contributed by atoms with Crippen molar-refractivity contribution in [3.05, 3.63) is 63.9 Å². The summed E-state index contributed by atoms with van der Waals surface area (Å²) < 4.78 is 6.64. The number of aromatic nitrogens is 2. The summed E-state index contributed by atoms with van der Waals surface area (Å²) in [5.41, 5.74) is 2.02. The van der Waals surface area contributed by atoms with E-state index in [1.807, 2.05) is 36.4 Å². The van der Waals surface area contributed by atoms with Gasteiger partial charge in [0.15, 0.2) is 5.82 Å². The summed E-state index contributed by atoms with van der Waals surface area (Å²) in [7, 11) is 1.61. The van der Waals surface area contributed by atoms with Gasteiger partial charge in [-0.1, -0.05) is 23.7 Å². The third-order valence-electron chi connectivity index (χ3n) is 3.44. The highest BCUT2D eigenvalue weighted by Crippen LogP contribution is 2.18. The van der Waals surface area contributed by atoms with Crippen LogP contribution in [0.15, 0.2) is 53.3 Å². The van der Waals surface area contributed by atoms with Crippen LogP contribution < -0.4 is 10.9 Å². The normalized spacial score (nSPS) is 10.9. The Morgan fingerprint density at radius 1 is 1.17 bits per heavy atom. The molecule has 0 radical (unpaired) electrons. The molecule has 6 heteroatoms. The van der Waals surface area contributed by atoms with Gasteiger partial charge < -0.3 is 10.1 Å². The van der Waals surface area contributed by atoms with Gasteiger partial charge >= 0.3 is 0 Å². The zero-order valence-corrected chi connectivity index (χ0v) is 13.4. The molecule has 0 aliphatic carbocycles. The Bertz CT molecular complexity index is 875. The molecule has 5 nitrogen and oxygen atoms in total. The zero-order valence-electron chi connectivity index (χ0n) is 12.6. The van der Waals surface area contributed by atoms with Gasteiger partial charge in [0, 0.05) is 24.4 Å². The molecule has 1 N–H and O–H groups in total. The summed E-state index contributed by atoms with van der Waals surface area (Å²) >= 11 is 5.95. The molecule has 2 aromatic carbocycles. The topological polar surface area (TPSA) is 56.1 Å². The SMILES string of the molecule is COCCNc1nc2ccccc2n(-c2ccc(Cl)cc2)c1=O. The lowest BCUT2D eigenvalue weighted by atomic mass is 10.2. The molecule has 1 heterocycles. The van der Waals surface area contributed by atoms with Gasteiger partial charge in [-0.3, -0.25) is 9.36 Å². The second kappa shape index (κ2) is 6.81. The van der Waals surface area contributed by atoms with E-state index in [0.29, 0.717) is 24.0 Å². The number of rotatable bonds is 5. The minimum Gasteiger partial charge on any atom is -0.383 e. The second-order valence-corrected chi connectivity index (χ2v) is 5.42. The van der Waals surface area contributed by atoms with Crippen LogP contribution in [0.5, 0.6) is 0 Å². The molecule has 0 spiro atoms. The number of benzene rings is 2. The van der Waals surface area contributed by atoms with E-state index in [-0.39, 0.29) is 5.56 Å². The lowest BCUT2D eigenvalue weighted by Crippen LogP contribution is -2.25. The van der Waals surface area contributed by atoms with Crippen molar-refractivity contribution >= 4 is 28.5 Å². The molecular formula is C17H16ClN3O2. The maximum absolute atomic E-state index is 12.8. The van der Waals surface area contributed by atoms with E-state index >= 15 is 0 Å². The number of anilines is 1. The standard InChI is InChI=1S/C17H16ClN3O2/c1-23-11-10-19-16-17(22)21(13-8-6-12(18)7-9-13)15-5-3-2-4-14(15)20-16/h2-9H,10-11H2,1H3,(H,19,20). The molecule has 0 unspecified atom stereocenters. The molecule has 0 amide bonds. The van der Waals surface area contributed by atoms with E-state index < -0.39 is 0 Å². The molecule has 0 saturated heterocycles. The molecule has 1 aromatic heterocycles. The van der Waals surface area contributed by atoms with Crippen LogP contribution in [0.1, 0.15) is 0 Å². The second-order valence-electron chi connectivity index (χ2n) is 4.99. The number of halogens is 1. The third-order valence-corrected chi connectivity index (χ3v) is 3.70. The van der Waals surface area contributed by atoms with Crippen molar-refractivity contribution in [1.29, 1.82) is 0 Å². The number of fused-ring (bicyclic) bond motifs is 1. The molecule has 0 fully saturated rings. The van der Waals surface area contributed by atoms with Crippen LogP contribution in [-0.4, -0.2) is 29.8 Å². The van der Waals surface area contributed by atoms with Crippen molar-refractivity contribution in [2.45, 2.75) is 0 Å². The highest BCUT2D eigenvalue weighted by molar-refractivity contribution is 6.30. The predicted molar refractivity (Wildman–Crippen MR) is 92.7 cm³/mol. The number of ether oxygens (including phenoxy) is 1. The van der Waals surface area contributed by atoms with Gasteiger partial charge in [0.2, 0.25) is 0 Å². The molecule has 3 aromatic rings. The number of methoxy groups -OCH3 is 1. The summed E-state index contributed by atoms with van der Waals surface area (Å²) in [4.78, 5) is 17.3. The monoisotopic (exact) mass is 329 g/mol. The number of hydrogen-bond donors (Lipinski definition) is 1. The number of para-hydroxylation sites is 2. The Morgan fingerprint density at radius 2 is 1.91 bits per heavy atom. The average molecular weight is 330 g/mol. The molecule has 0 aliphatic rings. The first-order valence-corrected chi connectivity index (χ1v) is 7.59. The van der Waals surface area contributed by atoms with Crippen LogP contribution in [0.2, 0.25) is 5.02 Å². The Labute approximate surface area is 138 Å². The highest BCUT2D eigenvalue weighted by Gasteiger charge is 2.12. The molecule has 0 aliphatic heterocycles. The number of nitrogens with zero attached hydrogens (tertiary/aromatic N) is 2. The molecule has 3 rings (SSSR count). The Kier molecular flexibility index (Phi) is 4.60. The third kappa shape index (κ3) is 3.21. The fraction of sp³-hybridized carbons (Fsp3) is 0.176. The summed E-state index contributed by atoms with van der Waals surface area (Å²) in [5, 5.41) is 3.66. The van der Waals surface area contributed by atoms with E-state index in [0.717, 1.165) is 16.7 Å². The molecule has 0 atom stereocenters. The number of nitrogens with one attached hydrogen (secondary N) is 1. The van der Waals surface area contributed by atoms with E-state index in [4.69, 9.17) is 16.3 Å². The van der Waals surface area contributed by atoms with Crippen LogP contribution in [0.25, 0.3) is 16.7 Å². The molecule has 23 heavy (non-hydrogen) atoms. The van der Waals surface area contributed by atoms with Gasteiger partial charge in [0.05, 0.1) is 17.6 Å². The quantitative estimate of drug-likeness (QED) is 0.731. The van der Waals surface area contributed by atoms with Crippen molar-refractivity contribution in [2.24, 2.45) is 0 Å². The van der Waals surface area contributed by atoms with Gasteiger partial charge in [0.25, 0.3) is 5.56 Å². The van der Waals surface area contributed by atoms with E-state index in [2.05, 4.69) is 10.3 Å². The summed E-state index contributed by atoms with van der Waals surface area (Å²) in [6, 6.07) is 14.7. The van der Waals surface area contributed by atoms with Gasteiger partial charge in [-0.2, -0.15) is 0 Å².